The number of nitrogens with zero attached hydrogens (tertiary/aromatic N) is 1. The summed E-state index contributed by atoms with van der Waals surface area (Å²) in [4.78, 5) is 28.3. The fraction of sp³-hybridized carbons (Fsp3) is 0.231. The molecule has 1 heterocycles. The van der Waals surface area contributed by atoms with E-state index < -0.39 is 17.2 Å². The molecule has 0 aromatic heterocycles. The van der Waals surface area contributed by atoms with E-state index in [1.54, 1.807) is 32.2 Å². The first-order valence-corrected chi connectivity index (χ1v) is 10.6. The van der Waals surface area contributed by atoms with Gasteiger partial charge >= 0.3 is 0 Å². The second kappa shape index (κ2) is 9.02. The third-order valence-corrected chi connectivity index (χ3v) is 6.01. The fourth-order valence-electron chi connectivity index (χ4n) is 4.27. The molecule has 0 spiro atoms. The smallest absolute Gasteiger partial charge is 0.255 e. The maximum atomic E-state index is 13.8. The first-order chi connectivity index (χ1) is 15.8. The molecular formula is C26H24F2N2O3. The molecule has 170 valence electrons. The van der Waals surface area contributed by atoms with Crippen LogP contribution >= 0.6 is 0 Å². The third kappa shape index (κ3) is 4.44. The third-order valence-electron chi connectivity index (χ3n) is 6.01. The number of halogens is 2. The normalized spacial score (nSPS) is 17.5. The molecule has 7 heteroatoms. The van der Waals surface area contributed by atoms with Crippen molar-refractivity contribution in [3.05, 3.63) is 101 Å². The summed E-state index contributed by atoms with van der Waals surface area (Å²) in [6.07, 6.45) is 0.268. The summed E-state index contributed by atoms with van der Waals surface area (Å²) in [5.74, 6) is -1.57. The van der Waals surface area contributed by atoms with Gasteiger partial charge in [0.2, 0.25) is 5.91 Å². The Morgan fingerprint density at radius 1 is 1.06 bits per heavy atom. The predicted molar refractivity (Wildman–Crippen MR) is 120 cm³/mol. The van der Waals surface area contributed by atoms with Crippen LogP contribution in [0.25, 0.3) is 0 Å². The first-order valence-electron chi connectivity index (χ1n) is 10.6. The van der Waals surface area contributed by atoms with E-state index in [4.69, 9.17) is 4.74 Å². The Hall–Kier alpha value is -3.74. The molecule has 0 saturated carbocycles. The topological polar surface area (TPSA) is 58.6 Å². The van der Waals surface area contributed by atoms with Gasteiger partial charge in [-0.05, 0) is 42.3 Å². The average molecular weight is 450 g/mol. The van der Waals surface area contributed by atoms with Gasteiger partial charge in [0.25, 0.3) is 5.91 Å². The summed E-state index contributed by atoms with van der Waals surface area (Å²) in [6, 6.07) is 17.5. The summed E-state index contributed by atoms with van der Waals surface area (Å²) < 4.78 is 33.0. The number of benzene rings is 3. The van der Waals surface area contributed by atoms with E-state index in [0.29, 0.717) is 11.3 Å². The number of fused-ring (bicyclic) bond motifs is 1. The van der Waals surface area contributed by atoms with Gasteiger partial charge in [0.15, 0.2) is 0 Å². The van der Waals surface area contributed by atoms with Crippen molar-refractivity contribution in [1.82, 2.24) is 10.2 Å². The Kier molecular flexibility index (Phi) is 6.14. The molecule has 1 atom stereocenters. The van der Waals surface area contributed by atoms with Gasteiger partial charge in [0, 0.05) is 36.7 Å². The molecule has 5 nitrogen and oxygen atoms in total. The monoisotopic (exact) mass is 450 g/mol. The molecular weight excluding hydrogens is 426 g/mol. The molecule has 1 aliphatic heterocycles. The van der Waals surface area contributed by atoms with Gasteiger partial charge in [-0.15, -0.1) is 0 Å². The van der Waals surface area contributed by atoms with Crippen LogP contribution in [0.2, 0.25) is 0 Å². The molecule has 0 bridgehead atoms. The zero-order valence-electron chi connectivity index (χ0n) is 18.4. The van der Waals surface area contributed by atoms with E-state index in [-0.39, 0.29) is 36.9 Å². The van der Waals surface area contributed by atoms with E-state index in [9.17, 15) is 18.4 Å². The van der Waals surface area contributed by atoms with Gasteiger partial charge in [0.1, 0.15) is 22.9 Å². The van der Waals surface area contributed by atoms with Gasteiger partial charge in [0.05, 0.1) is 7.11 Å². The van der Waals surface area contributed by atoms with Gasteiger partial charge in [-0.3, -0.25) is 9.59 Å². The molecule has 3 aromatic rings. The minimum atomic E-state index is -1.27. The number of para-hydroxylation sites is 1. The number of rotatable bonds is 6. The summed E-state index contributed by atoms with van der Waals surface area (Å²) in [7, 11) is 1.55. The lowest BCUT2D eigenvalue weighted by Gasteiger charge is -2.44. The van der Waals surface area contributed by atoms with Crippen molar-refractivity contribution < 1.29 is 23.1 Å². The largest absolute Gasteiger partial charge is 0.496 e. The van der Waals surface area contributed by atoms with E-state index in [0.717, 1.165) is 17.2 Å². The van der Waals surface area contributed by atoms with E-state index in [2.05, 4.69) is 5.32 Å². The number of hydrogen-bond acceptors (Lipinski definition) is 3. The van der Waals surface area contributed by atoms with Crippen LogP contribution in [0.1, 0.15) is 34.0 Å². The summed E-state index contributed by atoms with van der Waals surface area (Å²) in [5, 5.41) is 2.91. The van der Waals surface area contributed by atoms with Gasteiger partial charge < -0.3 is 15.0 Å². The Balaban J connectivity index is 1.67. The van der Waals surface area contributed by atoms with Crippen LogP contribution in [0.5, 0.6) is 5.75 Å². The second-order valence-corrected chi connectivity index (χ2v) is 8.27. The molecule has 0 radical (unpaired) electrons. The number of hydrogen-bond donors (Lipinski definition) is 1. The van der Waals surface area contributed by atoms with Gasteiger partial charge in [-0.2, -0.15) is 0 Å². The van der Waals surface area contributed by atoms with Crippen molar-refractivity contribution in [2.45, 2.75) is 32.0 Å². The summed E-state index contributed by atoms with van der Waals surface area (Å²) in [6.45, 7) is 1.77. The average Bonchev–Trinajstić information content (AvgIpc) is 2.79. The van der Waals surface area contributed by atoms with Gasteiger partial charge in [-0.25, -0.2) is 8.78 Å². The fourth-order valence-corrected chi connectivity index (χ4v) is 4.27. The van der Waals surface area contributed by atoms with Crippen LogP contribution in [-0.4, -0.2) is 29.4 Å². The molecule has 0 unspecified atom stereocenters. The lowest BCUT2D eigenvalue weighted by molar-refractivity contribution is -0.132. The molecule has 3 aromatic carbocycles. The molecule has 0 aliphatic carbocycles. The van der Waals surface area contributed by atoms with Crippen molar-refractivity contribution >= 4 is 11.8 Å². The van der Waals surface area contributed by atoms with Crippen LogP contribution in [-0.2, 0) is 24.3 Å². The highest BCUT2D eigenvalue weighted by atomic mass is 19.1. The van der Waals surface area contributed by atoms with Crippen LogP contribution in [0.4, 0.5) is 8.78 Å². The second-order valence-electron chi connectivity index (χ2n) is 8.27. The standard InChI is InChI=1S/C26H24F2N2O3/c1-26(25(32)29-15-19-8-4-6-10-23(19)33-2)14-18-7-3-5-9-22(18)24(31)30(26)16-17-11-20(27)13-21(28)12-17/h3-13H,14-16H2,1-2H3,(H,29,32)/t26-/m0/s1. The minimum Gasteiger partial charge on any atom is -0.496 e. The van der Waals surface area contributed by atoms with E-state index in [1.807, 2.05) is 30.3 Å². The number of methoxy groups -OCH3 is 1. The van der Waals surface area contributed by atoms with E-state index in [1.165, 1.54) is 17.0 Å². The van der Waals surface area contributed by atoms with Crippen molar-refractivity contribution in [3.8, 4) is 5.75 Å². The Morgan fingerprint density at radius 2 is 1.73 bits per heavy atom. The maximum Gasteiger partial charge on any atom is 0.255 e. The highest BCUT2D eigenvalue weighted by molar-refractivity contribution is 6.02. The predicted octanol–water partition coefficient (Wildman–Crippen LogP) is 4.25. The molecule has 33 heavy (non-hydrogen) atoms. The highest BCUT2D eigenvalue weighted by Crippen LogP contribution is 2.33. The molecule has 0 fully saturated rings. The maximum absolute atomic E-state index is 13.8. The first kappa shape index (κ1) is 22.5. The van der Waals surface area contributed by atoms with Crippen LogP contribution in [0, 0.1) is 11.6 Å². The zero-order chi connectivity index (χ0) is 23.6. The van der Waals surface area contributed by atoms with E-state index >= 15 is 0 Å². The number of carbonyl (C=O) groups excluding carboxylic acids is 2. The molecule has 2 amide bonds. The lowest BCUT2D eigenvalue weighted by atomic mass is 9.82. The van der Waals surface area contributed by atoms with Crippen molar-refractivity contribution in [2.75, 3.05) is 7.11 Å². The Labute approximate surface area is 191 Å². The van der Waals surface area contributed by atoms with Gasteiger partial charge in [-0.1, -0.05) is 36.4 Å². The molecule has 1 aliphatic rings. The summed E-state index contributed by atoms with van der Waals surface area (Å²) in [5.41, 5.74) is 1.02. The van der Waals surface area contributed by atoms with Crippen molar-refractivity contribution in [2.24, 2.45) is 0 Å². The number of ether oxygens (including phenoxy) is 1. The molecule has 1 N–H and O–H groups in total. The highest BCUT2D eigenvalue weighted by Gasteiger charge is 2.46. The summed E-state index contributed by atoms with van der Waals surface area (Å²) >= 11 is 0. The SMILES string of the molecule is COc1ccccc1CNC(=O)[C@]1(C)Cc2ccccc2C(=O)N1Cc1cc(F)cc(F)c1. The number of carbonyl (C=O) groups is 2. The lowest BCUT2D eigenvalue weighted by Crippen LogP contribution is -2.62. The van der Waals surface area contributed by atoms with Crippen LogP contribution < -0.4 is 10.1 Å². The van der Waals surface area contributed by atoms with Crippen LogP contribution in [0.3, 0.4) is 0 Å². The quantitative estimate of drug-likeness (QED) is 0.611. The Morgan fingerprint density at radius 3 is 2.45 bits per heavy atom. The number of amides is 2. The Bertz CT molecular complexity index is 1190. The molecule has 0 saturated heterocycles. The zero-order valence-corrected chi connectivity index (χ0v) is 18.4. The van der Waals surface area contributed by atoms with Crippen molar-refractivity contribution in [3.63, 3.8) is 0 Å². The minimum absolute atomic E-state index is 0.111. The van der Waals surface area contributed by atoms with Crippen molar-refractivity contribution in [1.29, 1.82) is 0 Å². The number of nitrogens with one attached hydrogen (secondary N) is 1. The molecule has 4 rings (SSSR count). The van der Waals surface area contributed by atoms with Crippen LogP contribution in [0.15, 0.2) is 66.7 Å².